The zero-order valence-corrected chi connectivity index (χ0v) is 14.5. The first kappa shape index (κ1) is 19.9. The molecule has 2 N–H and O–H groups in total. The summed E-state index contributed by atoms with van der Waals surface area (Å²) in [6, 6.07) is 8.08. The molecule has 23 heavy (non-hydrogen) atoms. The molecule has 0 radical (unpaired) electrons. The van der Waals surface area contributed by atoms with Crippen molar-refractivity contribution in [2.75, 3.05) is 53.7 Å². The molecule has 6 heteroatoms. The van der Waals surface area contributed by atoms with Crippen LogP contribution in [0, 0.1) is 0 Å². The number of likely N-dealkylation sites (N-methyl/N-ethyl adjacent to an activating group) is 1. The Kier molecular flexibility index (Phi) is 10.6. The van der Waals surface area contributed by atoms with Crippen molar-refractivity contribution >= 4 is 0 Å². The lowest BCUT2D eigenvalue weighted by molar-refractivity contribution is -0.170. The molecule has 1 aromatic carbocycles. The summed E-state index contributed by atoms with van der Waals surface area (Å²) in [4.78, 5) is 2.20. The maximum atomic E-state index is 5.72. The molecule has 1 unspecified atom stereocenters. The first-order chi connectivity index (χ1) is 11.2. The average molecular weight is 326 g/mol. The molecule has 0 bridgehead atoms. The van der Waals surface area contributed by atoms with E-state index in [1.54, 1.807) is 7.11 Å². The van der Waals surface area contributed by atoms with Crippen LogP contribution in [0.25, 0.3) is 0 Å². The summed E-state index contributed by atoms with van der Waals surface area (Å²) in [5.41, 5.74) is 6.64. The fourth-order valence-electron chi connectivity index (χ4n) is 2.05. The number of methoxy groups -OCH3 is 1. The van der Waals surface area contributed by atoms with Crippen LogP contribution in [0.5, 0.6) is 5.75 Å². The topological polar surface area (TPSA) is 66.2 Å². The molecule has 0 saturated heterocycles. The Morgan fingerprint density at radius 3 is 2.48 bits per heavy atom. The first-order valence-electron chi connectivity index (χ1n) is 8.02. The van der Waals surface area contributed by atoms with E-state index in [9.17, 15) is 0 Å². The second-order valence-electron chi connectivity index (χ2n) is 5.21. The van der Waals surface area contributed by atoms with Gasteiger partial charge in [-0.2, -0.15) is 0 Å². The largest absolute Gasteiger partial charge is 0.497 e. The third-order valence-electron chi connectivity index (χ3n) is 3.26. The molecule has 0 aliphatic heterocycles. The summed E-state index contributed by atoms with van der Waals surface area (Å²) >= 11 is 0. The lowest BCUT2D eigenvalue weighted by atomic mass is 10.2. The molecule has 0 fully saturated rings. The number of nitrogens with zero attached hydrogens (tertiary/aromatic N) is 1. The van der Waals surface area contributed by atoms with Gasteiger partial charge in [0.05, 0.1) is 26.9 Å². The second kappa shape index (κ2) is 12.3. The predicted octanol–water partition coefficient (Wildman–Crippen LogP) is 1.48. The molecule has 1 atom stereocenters. The van der Waals surface area contributed by atoms with Gasteiger partial charge >= 0.3 is 0 Å². The van der Waals surface area contributed by atoms with Crippen LogP contribution >= 0.6 is 0 Å². The molecule has 132 valence electrons. The van der Waals surface area contributed by atoms with Gasteiger partial charge in [0.25, 0.3) is 0 Å². The van der Waals surface area contributed by atoms with Gasteiger partial charge in [-0.15, -0.1) is 0 Å². The lowest BCUT2D eigenvalue weighted by Crippen LogP contribution is -2.29. The highest BCUT2D eigenvalue weighted by atomic mass is 16.7. The van der Waals surface area contributed by atoms with E-state index in [1.807, 2.05) is 19.1 Å². The SMILES string of the molecule is CCOC(COCCN)OCCN(C)Cc1ccc(OC)cc1. The summed E-state index contributed by atoms with van der Waals surface area (Å²) < 4.78 is 21.8. The van der Waals surface area contributed by atoms with Crippen molar-refractivity contribution < 1.29 is 18.9 Å². The highest BCUT2D eigenvalue weighted by molar-refractivity contribution is 5.26. The van der Waals surface area contributed by atoms with Gasteiger partial charge in [0, 0.05) is 26.2 Å². The Labute approximate surface area is 139 Å². The molecule has 0 aromatic heterocycles. The minimum Gasteiger partial charge on any atom is -0.497 e. The summed E-state index contributed by atoms with van der Waals surface area (Å²) in [7, 11) is 3.73. The van der Waals surface area contributed by atoms with Gasteiger partial charge in [-0.05, 0) is 31.7 Å². The van der Waals surface area contributed by atoms with E-state index in [0.717, 1.165) is 18.8 Å². The number of rotatable bonds is 13. The van der Waals surface area contributed by atoms with Gasteiger partial charge in [-0.25, -0.2) is 0 Å². The minimum absolute atomic E-state index is 0.332. The number of nitrogens with two attached hydrogens (primary N) is 1. The number of ether oxygens (including phenoxy) is 4. The molecular formula is C17H30N2O4. The smallest absolute Gasteiger partial charge is 0.180 e. The van der Waals surface area contributed by atoms with E-state index in [2.05, 4.69) is 24.1 Å². The molecule has 1 aromatic rings. The van der Waals surface area contributed by atoms with E-state index < -0.39 is 0 Å². The van der Waals surface area contributed by atoms with Crippen molar-refractivity contribution in [2.45, 2.75) is 19.8 Å². The number of hydrogen-bond acceptors (Lipinski definition) is 6. The van der Waals surface area contributed by atoms with Crippen molar-refractivity contribution in [3.8, 4) is 5.75 Å². The summed E-state index contributed by atoms with van der Waals surface area (Å²) in [5, 5.41) is 0. The van der Waals surface area contributed by atoms with Crippen molar-refractivity contribution in [2.24, 2.45) is 5.73 Å². The standard InChI is InChI=1S/C17H30N2O4/c1-4-22-17(14-21-11-9-18)23-12-10-19(2)13-15-5-7-16(20-3)8-6-15/h5-8,17H,4,9-14,18H2,1-3H3. The quantitative estimate of drug-likeness (QED) is 0.437. The normalized spacial score (nSPS) is 12.6. The van der Waals surface area contributed by atoms with Gasteiger partial charge in [0.15, 0.2) is 6.29 Å². The van der Waals surface area contributed by atoms with Crippen LogP contribution < -0.4 is 10.5 Å². The van der Waals surface area contributed by atoms with E-state index in [1.165, 1.54) is 5.56 Å². The van der Waals surface area contributed by atoms with Crippen molar-refractivity contribution in [3.05, 3.63) is 29.8 Å². The van der Waals surface area contributed by atoms with Crippen molar-refractivity contribution in [3.63, 3.8) is 0 Å². The van der Waals surface area contributed by atoms with Crippen LogP contribution in [0.15, 0.2) is 24.3 Å². The Morgan fingerprint density at radius 1 is 1.13 bits per heavy atom. The number of hydrogen-bond donors (Lipinski definition) is 1. The molecule has 0 saturated carbocycles. The fraction of sp³-hybridized carbons (Fsp3) is 0.647. The van der Waals surface area contributed by atoms with Gasteiger partial charge < -0.3 is 24.7 Å². The molecule has 0 aliphatic carbocycles. The van der Waals surface area contributed by atoms with Gasteiger partial charge in [0.1, 0.15) is 5.75 Å². The zero-order valence-electron chi connectivity index (χ0n) is 14.5. The Hall–Kier alpha value is -1.18. The third kappa shape index (κ3) is 8.88. The highest BCUT2D eigenvalue weighted by Gasteiger charge is 2.09. The molecule has 0 aliphatic rings. The van der Waals surface area contributed by atoms with Crippen LogP contribution in [-0.4, -0.2) is 64.9 Å². The number of benzene rings is 1. The van der Waals surface area contributed by atoms with E-state index in [-0.39, 0.29) is 6.29 Å². The lowest BCUT2D eigenvalue weighted by Gasteiger charge is -2.21. The Morgan fingerprint density at radius 2 is 1.87 bits per heavy atom. The Balaban J connectivity index is 2.25. The monoisotopic (exact) mass is 326 g/mol. The molecule has 0 heterocycles. The summed E-state index contributed by atoms with van der Waals surface area (Å²) in [6.07, 6.45) is -0.332. The van der Waals surface area contributed by atoms with E-state index in [4.69, 9.17) is 24.7 Å². The van der Waals surface area contributed by atoms with E-state index >= 15 is 0 Å². The molecule has 0 spiro atoms. The zero-order chi connectivity index (χ0) is 16.9. The van der Waals surface area contributed by atoms with Gasteiger partial charge in [-0.3, -0.25) is 4.90 Å². The average Bonchev–Trinajstić information content (AvgIpc) is 2.56. The van der Waals surface area contributed by atoms with Crippen molar-refractivity contribution in [1.29, 1.82) is 0 Å². The molecular weight excluding hydrogens is 296 g/mol. The second-order valence-corrected chi connectivity index (χ2v) is 5.21. The van der Waals surface area contributed by atoms with Crippen LogP contribution in [0.2, 0.25) is 0 Å². The first-order valence-corrected chi connectivity index (χ1v) is 8.02. The van der Waals surface area contributed by atoms with Crippen molar-refractivity contribution in [1.82, 2.24) is 4.90 Å². The maximum absolute atomic E-state index is 5.72. The molecule has 6 nitrogen and oxygen atoms in total. The van der Waals surface area contributed by atoms with Gasteiger partial charge in [-0.1, -0.05) is 12.1 Å². The minimum atomic E-state index is -0.332. The van der Waals surface area contributed by atoms with Crippen LogP contribution in [0.1, 0.15) is 12.5 Å². The van der Waals surface area contributed by atoms with Crippen LogP contribution in [0.3, 0.4) is 0 Å². The third-order valence-corrected chi connectivity index (χ3v) is 3.26. The predicted molar refractivity (Wildman–Crippen MR) is 90.6 cm³/mol. The Bertz CT molecular complexity index is 400. The summed E-state index contributed by atoms with van der Waals surface area (Å²) in [6.45, 7) is 6.22. The maximum Gasteiger partial charge on any atom is 0.180 e. The molecule has 0 amide bonds. The fourth-order valence-corrected chi connectivity index (χ4v) is 2.05. The summed E-state index contributed by atoms with van der Waals surface area (Å²) in [5.74, 6) is 0.872. The van der Waals surface area contributed by atoms with Crippen LogP contribution in [-0.2, 0) is 20.8 Å². The van der Waals surface area contributed by atoms with E-state index in [0.29, 0.717) is 33.0 Å². The van der Waals surface area contributed by atoms with Gasteiger partial charge in [0.2, 0.25) is 0 Å². The highest BCUT2D eigenvalue weighted by Crippen LogP contribution is 2.12. The van der Waals surface area contributed by atoms with Crippen LogP contribution in [0.4, 0.5) is 0 Å². The molecule has 1 rings (SSSR count).